The van der Waals surface area contributed by atoms with E-state index in [0.29, 0.717) is 49.7 Å². The third kappa shape index (κ3) is 15.8. The highest BCUT2D eigenvalue weighted by Crippen LogP contribution is 2.23. The van der Waals surface area contributed by atoms with Crippen LogP contribution >= 0.6 is 11.6 Å². The minimum absolute atomic E-state index is 0.0820. The minimum atomic E-state index is -0.644. The van der Waals surface area contributed by atoms with E-state index in [-0.39, 0.29) is 81.1 Å². The molecule has 19 heteroatoms. The zero-order chi connectivity index (χ0) is 51.1. The van der Waals surface area contributed by atoms with Gasteiger partial charge in [-0.3, -0.25) is 18.3 Å². The zero-order valence-electron chi connectivity index (χ0n) is 41.3. The first-order chi connectivity index (χ1) is 32.6. The monoisotopic (exact) mass is 976 g/mol. The van der Waals surface area contributed by atoms with Crippen molar-refractivity contribution in [1.82, 2.24) is 33.4 Å². The average Bonchev–Trinajstić information content (AvgIpc) is 3.73. The van der Waals surface area contributed by atoms with Gasteiger partial charge in [-0.25, -0.2) is 28.8 Å². The highest BCUT2D eigenvalue weighted by molar-refractivity contribution is 6.19. The highest BCUT2D eigenvalue weighted by Gasteiger charge is 2.35. The first-order valence-corrected chi connectivity index (χ1v) is 23.5. The Morgan fingerprint density at radius 2 is 1.06 bits per heavy atom. The van der Waals surface area contributed by atoms with Crippen LogP contribution in [-0.4, -0.2) is 102 Å². The minimum Gasteiger partial charge on any atom is -0.461 e. The molecule has 0 bridgehead atoms. The maximum atomic E-state index is 13.2. The van der Waals surface area contributed by atoms with Crippen LogP contribution in [0.3, 0.4) is 0 Å². The Balaban J connectivity index is 0.000000263. The number of halogens is 1. The van der Waals surface area contributed by atoms with Gasteiger partial charge in [0.25, 0.3) is 0 Å². The molecule has 2 amide bonds. The molecule has 0 atom stereocenters. The Labute approximate surface area is 409 Å². The van der Waals surface area contributed by atoms with Gasteiger partial charge >= 0.3 is 35.5 Å². The number of carbonyl (C=O) groups excluding carboxylic acids is 4. The van der Waals surface area contributed by atoms with Crippen LogP contribution in [0.1, 0.15) is 98.9 Å². The number of carbonyl (C=O) groups is 4. The maximum absolute atomic E-state index is 13.2. The fourth-order valence-electron chi connectivity index (χ4n) is 7.28. The van der Waals surface area contributed by atoms with E-state index >= 15 is 0 Å². The molecule has 2 aliphatic heterocycles. The largest absolute Gasteiger partial charge is 0.461 e. The number of rotatable bonds is 14. The quantitative estimate of drug-likeness (QED) is 0.0607. The molecular weight excluding hydrogens is 908 g/mol. The lowest BCUT2D eigenvalue weighted by Crippen LogP contribution is -2.43. The Hall–Kier alpha value is -6.37. The number of ether oxygens (including phenoxy) is 4. The van der Waals surface area contributed by atoms with Crippen LogP contribution in [0, 0.1) is 0 Å². The molecule has 2 aliphatic rings. The van der Waals surface area contributed by atoms with Crippen molar-refractivity contribution >= 4 is 35.7 Å². The molecule has 0 saturated carbocycles. The number of esters is 2. The number of fused-ring (bicyclic) bond motifs is 2. The van der Waals surface area contributed by atoms with Crippen LogP contribution in [0.2, 0.25) is 0 Å². The second-order valence-electron chi connectivity index (χ2n) is 18.3. The molecule has 0 unspecified atom stereocenters. The fraction of sp³-hybridized carbons (Fsp3) is 0.480. The van der Waals surface area contributed by atoms with Crippen molar-refractivity contribution in [2.75, 3.05) is 38.7 Å². The predicted molar refractivity (Wildman–Crippen MR) is 264 cm³/mol. The number of imidazole rings is 2. The van der Waals surface area contributed by atoms with Crippen LogP contribution in [0.15, 0.2) is 94.6 Å². The number of nitrogens with one attached hydrogen (secondary N) is 1. The Kier molecular flexibility index (Phi) is 20.2. The summed E-state index contributed by atoms with van der Waals surface area (Å²) in [6, 6.07) is 20.0. The molecule has 0 fully saturated rings. The van der Waals surface area contributed by atoms with Crippen molar-refractivity contribution < 1.29 is 38.1 Å². The number of nitrogens with two attached hydrogens (primary N) is 1. The Morgan fingerprint density at radius 3 is 1.42 bits per heavy atom. The van der Waals surface area contributed by atoms with E-state index in [2.05, 4.69) is 18.5 Å². The van der Waals surface area contributed by atoms with Crippen LogP contribution in [0.25, 0.3) is 0 Å². The first kappa shape index (κ1) is 55.2. The van der Waals surface area contributed by atoms with Crippen molar-refractivity contribution in [2.24, 2.45) is 5.73 Å². The highest BCUT2D eigenvalue weighted by atomic mass is 35.5. The van der Waals surface area contributed by atoms with Crippen molar-refractivity contribution in [3.05, 3.63) is 140 Å². The van der Waals surface area contributed by atoms with Crippen LogP contribution < -0.4 is 22.4 Å². The van der Waals surface area contributed by atoms with E-state index in [4.69, 9.17) is 36.3 Å². The molecular formula is C50H69ClN8O10. The first-order valence-electron chi connectivity index (χ1n) is 22.9. The molecule has 4 heterocycles. The van der Waals surface area contributed by atoms with E-state index < -0.39 is 35.3 Å². The van der Waals surface area contributed by atoms with Gasteiger partial charge in [-0.1, -0.05) is 73.8 Å². The zero-order valence-corrected chi connectivity index (χ0v) is 42.1. The average molecular weight is 978 g/mol. The van der Waals surface area contributed by atoms with Crippen LogP contribution in [0.4, 0.5) is 9.59 Å². The molecule has 0 radical (unpaired) electrons. The summed E-state index contributed by atoms with van der Waals surface area (Å²) in [5, 5.41) is 3.31. The van der Waals surface area contributed by atoms with E-state index in [9.17, 15) is 28.8 Å². The number of benzene rings is 2. The molecule has 18 nitrogen and oxygen atoms in total. The molecule has 0 aliphatic carbocycles. The Bertz CT molecular complexity index is 2530. The molecule has 0 saturated heterocycles. The normalized spacial score (nSPS) is 13.1. The summed E-state index contributed by atoms with van der Waals surface area (Å²) >= 11 is 5.79. The number of hydrogen-bond donors (Lipinski definition) is 2. The molecule has 69 heavy (non-hydrogen) atoms. The number of amides is 2. The maximum Gasteiger partial charge on any atom is 0.410 e. The van der Waals surface area contributed by atoms with Gasteiger partial charge in [0, 0.05) is 64.8 Å². The molecule has 376 valence electrons. The van der Waals surface area contributed by atoms with Gasteiger partial charge in [0.1, 0.15) is 11.2 Å². The lowest BCUT2D eigenvalue weighted by atomic mass is 10.2. The second kappa shape index (κ2) is 25.3. The van der Waals surface area contributed by atoms with Gasteiger partial charge in [0.2, 0.25) is 0 Å². The van der Waals surface area contributed by atoms with Gasteiger partial charge in [-0.15, -0.1) is 11.6 Å². The smallest absolute Gasteiger partial charge is 0.410 e. The summed E-state index contributed by atoms with van der Waals surface area (Å²) in [7, 11) is 0. The van der Waals surface area contributed by atoms with Crippen molar-refractivity contribution in [3.63, 3.8) is 0 Å². The molecule has 4 aromatic rings. The fourth-order valence-corrected chi connectivity index (χ4v) is 7.36. The molecule has 0 spiro atoms. The molecule has 6 rings (SSSR count). The SMILES string of the molecule is C=C(CCl)Cn1c(C(=O)OCC)c2n(c1=O)CCN(C(=O)OC(C)(C)C)C2.C=C(CNCc1ccccc1)Cn1c(C(=O)OCC)c2n(c1=O)CCN(C(=O)OC(C)(C)C)C2.NCc1ccccc1. The summed E-state index contributed by atoms with van der Waals surface area (Å²) in [5.74, 6) is -1.04. The van der Waals surface area contributed by atoms with Gasteiger partial charge in [0.15, 0.2) is 11.4 Å². The van der Waals surface area contributed by atoms with Crippen LogP contribution in [-0.2, 0) is 71.3 Å². The van der Waals surface area contributed by atoms with Gasteiger partial charge in [-0.05, 0) is 77.7 Å². The number of nitrogens with zero attached hydrogens (tertiary/aromatic N) is 6. The van der Waals surface area contributed by atoms with E-state index in [1.807, 2.05) is 60.7 Å². The number of alkyl halides is 1. The summed E-state index contributed by atoms with van der Waals surface area (Å²) < 4.78 is 27.0. The standard InChI is InChI=1S/C25H34N4O5.C18H26ClN3O5.C7H9N/c1-6-33-22(30)21-20-17-27(24(32)34-25(3,4)5)12-13-28(20)23(31)29(21)16-18(2)14-26-15-19-10-8-7-9-11-19;1-6-26-15(23)14-13-11-20(17(25)27-18(3,4)5)7-8-21(13)16(24)22(14)10-12(2)9-19;8-6-7-4-2-1-3-5-7/h7-11,26H,2,6,12-17H2,1,3-5H3;2,6-11H2,1,3-5H3;1-5H,6,8H2. The second-order valence-corrected chi connectivity index (χ2v) is 18.6. The number of hydrogen-bond acceptors (Lipinski definition) is 12. The summed E-state index contributed by atoms with van der Waals surface area (Å²) in [6.07, 6.45) is -0.975. The molecule has 3 N–H and O–H groups in total. The molecule has 2 aromatic carbocycles. The van der Waals surface area contributed by atoms with Crippen molar-refractivity contribution in [1.29, 1.82) is 0 Å². The van der Waals surface area contributed by atoms with E-state index in [1.54, 1.807) is 55.4 Å². The van der Waals surface area contributed by atoms with Gasteiger partial charge < -0.3 is 39.8 Å². The summed E-state index contributed by atoms with van der Waals surface area (Å²) in [5.41, 5.74) is 8.24. The van der Waals surface area contributed by atoms with Gasteiger partial charge in [-0.2, -0.15) is 0 Å². The van der Waals surface area contributed by atoms with E-state index in [0.717, 1.165) is 11.1 Å². The van der Waals surface area contributed by atoms with Gasteiger partial charge in [0.05, 0.1) is 37.7 Å². The number of allylic oxidation sites excluding steroid dienone is 1. The van der Waals surface area contributed by atoms with E-state index in [1.165, 1.54) is 33.6 Å². The third-order valence-corrected chi connectivity index (χ3v) is 10.7. The lowest BCUT2D eigenvalue weighted by molar-refractivity contribution is 0.0186. The topological polar surface area (TPSA) is 204 Å². The van der Waals surface area contributed by atoms with Crippen LogP contribution in [0.5, 0.6) is 0 Å². The number of aromatic nitrogens is 4. The predicted octanol–water partition coefficient (Wildman–Crippen LogP) is 6.44. The Morgan fingerprint density at radius 1 is 0.652 bits per heavy atom. The lowest BCUT2D eigenvalue weighted by Gasteiger charge is -2.30. The van der Waals surface area contributed by atoms with Crippen molar-refractivity contribution in [3.8, 4) is 0 Å². The molecule has 2 aromatic heterocycles. The summed E-state index contributed by atoms with van der Waals surface area (Å²) in [6.45, 7) is 25.8. The van der Waals surface area contributed by atoms with Crippen molar-refractivity contribution in [2.45, 2.75) is 119 Å². The third-order valence-electron chi connectivity index (χ3n) is 10.3. The summed E-state index contributed by atoms with van der Waals surface area (Å²) in [4.78, 5) is 79.4.